The van der Waals surface area contributed by atoms with E-state index in [1.54, 1.807) is 12.3 Å². The quantitative estimate of drug-likeness (QED) is 0.614. The molecule has 0 bridgehead atoms. The number of amides is 1. The van der Waals surface area contributed by atoms with Crippen molar-refractivity contribution in [3.8, 4) is 11.8 Å². The van der Waals surface area contributed by atoms with Crippen LogP contribution in [0.4, 0.5) is 17.6 Å². The number of nitrogen functional groups attached to an aromatic ring is 2. The number of hydrogen-bond donors (Lipinski definition) is 3. The second-order valence-electron chi connectivity index (χ2n) is 8.27. The summed E-state index contributed by atoms with van der Waals surface area (Å²) in [5, 5.41) is 3.23. The number of piperidine rings is 1. The average molecular weight is 436 g/mol. The Kier molecular flexibility index (Phi) is 6.71. The lowest BCUT2D eigenvalue weighted by atomic mass is 9.97. The molecule has 1 unspecified atom stereocenters. The number of nitrogens with two attached hydrogens (primary N) is 2. The van der Waals surface area contributed by atoms with Crippen LogP contribution in [0.25, 0.3) is 0 Å². The summed E-state index contributed by atoms with van der Waals surface area (Å²) in [5.74, 6) is 7.83. The maximum Gasteiger partial charge on any atom is 0.223 e. The number of pyridine rings is 1. The Morgan fingerprint density at radius 3 is 2.75 bits per heavy atom. The van der Waals surface area contributed by atoms with Gasteiger partial charge in [0.1, 0.15) is 11.6 Å². The van der Waals surface area contributed by atoms with Crippen LogP contribution in [0.5, 0.6) is 0 Å². The summed E-state index contributed by atoms with van der Waals surface area (Å²) in [4.78, 5) is 27.7. The van der Waals surface area contributed by atoms with Crippen LogP contribution in [-0.2, 0) is 9.53 Å². The van der Waals surface area contributed by atoms with E-state index in [-0.39, 0.29) is 23.8 Å². The fourth-order valence-corrected chi connectivity index (χ4v) is 4.13. The number of nitrogens with zero attached hydrogens (tertiary/aromatic N) is 4. The van der Waals surface area contributed by atoms with Crippen molar-refractivity contribution >= 4 is 23.5 Å². The third-order valence-electron chi connectivity index (χ3n) is 5.87. The van der Waals surface area contributed by atoms with E-state index in [1.807, 2.05) is 13.0 Å². The first kappa shape index (κ1) is 21.8. The van der Waals surface area contributed by atoms with E-state index < -0.39 is 0 Å². The molecule has 1 atom stereocenters. The predicted octanol–water partition coefficient (Wildman–Crippen LogP) is 1.26. The molecule has 9 nitrogen and oxygen atoms in total. The highest BCUT2D eigenvalue weighted by Crippen LogP contribution is 2.25. The van der Waals surface area contributed by atoms with Crippen molar-refractivity contribution in [2.45, 2.75) is 38.6 Å². The Labute approximate surface area is 188 Å². The molecule has 0 radical (unpaired) electrons. The minimum Gasteiger partial charge on any atom is -0.384 e. The molecule has 0 aliphatic carbocycles. The van der Waals surface area contributed by atoms with Crippen LogP contribution in [0.3, 0.4) is 0 Å². The first-order chi connectivity index (χ1) is 15.5. The number of carbonyl (C=O) groups excluding carboxylic acids is 1. The molecule has 2 saturated heterocycles. The third-order valence-corrected chi connectivity index (χ3v) is 5.87. The fourth-order valence-electron chi connectivity index (χ4n) is 4.13. The van der Waals surface area contributed by atoms with Crippen LogP contribution in [-0.4, -0.2) is 53.2 Å². The Morgan fingerprint density at radius 1 is 1.19 bits per heavy atom. The number of hydrogen-bond acceptors (Lipinski definition) is 8. The molecule has 1 amide bonds. The van der Waals surface area contributed by atoms with E-state index in [0.717, 1.165) is 49.0 Å². The lowest BCUT2D eigenvalue weighted by Gasteiger charge is -2.35. The molecule has 168 valence electrons. The molecule has 9 heteroatoms. The van der Waals surface area contributed by atoms with Crippen LogP contribution in [0.2, 0.25) is 0 Å². The van der Waals surface area contributed by atoms with Gasteiger partial charge in [-0.2, -0.15) is 4.98 Å². The van der Waals surface area contributed by atoms with Gasteiger partial charge in [0.05, 0.1) is 11.3 Å². The van der Waals surface area contributed by atoms with Crippen LogP contribution < -0.4 is 21.7 Å². The highest BCUT2D eigenvalue weighted by molar-refractivity contribution is 5.79. The van der Waals surface area contributed by atoms with Gasteiger partial charge in [0, 0.05) is 50.0 Å². The van der Waals surface area contributed by atoms with Crippen molar-refractivity contribution in [2.24, 2.45) is 5.92 Å². The minimum absolute atomic E-state index is 0.0333. The van der Waals surface area contributed by atoms with E-state index in [4.69, 9.17) is 16.2 Å². The molecule has 32 heavy (non-hydrogen) atoms. The lowest BCUT2D eigenvalue weighted by Crippen LogP contribution is -2.50. The van der Waals surface area contributed by atoms with Crippen molar-refractivity contribution in [1.82, 2.24) is 20.3 Å². The van der Waals surface area contributed by atoms with Gasteiger partial charge in [0.15, 0.2) is 0 Å². The zero-order chi connectivity index (χ0) is 22.5. The maximum atomic E-state index is 12.7. The molecular formula is C23H29N7O2. The Balaban J connectivity index is 1.53. The van der Waals surface area contributed by atoms with Gasteiger partial charge in [0.25, 0.3) is 0 Å². The second-order valence-corrected chi connectivity index (χ2v) is 8.27. The largest absolute Gasteiger partial charge is 0.384 e. The highest BCUT2D eigenvalue weighted by Gasteiger charge is 2.28. The maximum absolute atomic E-state index is 12.7. The van der Waals surface area contributed by atoms with Gasteiger partial charge in [-0.15, -0.1) is 0 Å². The Morgan fingerprint density at radius 2 is 2.00 bits per heavy atom. The SMILES string of the molecule is Cc1nc(N)nc(N2CCCC(NC(=O)C3CCOCC3)C2)c1C#Cc1ccc(N)nc1. The van der Waals surface area contributed by atoms with Crippen LogP contribution in [0.1, 0.15) is 42.5 Å². The number of nitrogens with one attached hydrogen (secondary N) is 1. The molecule has 0 spiro atoms. The average Bonchev–Trinajstić information content (AvgIpc) is 2.80. The standard InChI is InChI=1S/C23H29N7O2/c1-15-19(6-4-16-5-7-20(24)26-13-16)21(29-23(25)27-15)30-10-2-3-18(14-30)28-22(31)17-8-11-32-12-9-17/h5,7,13,17-18H,2-3,8-12,14H2,1H3,(H2,24,26)(H,28,31)(H2,25,27,29). The molecule has 5 N–H and O–H groups in total. The molecule has 4 heterocycles. The Hall–Kier alpha value is -3.38. The van der Waals surface area contributed by atoms with Crippen molar-refractivity contribution in [2.75, 3.05) is 42.7 Å². The number of aromatic nitrogens is 3. The van der Waals surface area contributed by atoms with E-state index in [0.29, 0.717) is 31.4 Å². The van der Waals surface area contributed by atoms with Gasteiger partial charge in [-0.1, -0.05) is 11.8 Å². The van der Waals surface area contributed by atoms with E-state index in [1.165, 1.54) is 0 Å². The number of ether oxygens (including phenoxy) is 1. The number of anilines is 3. The van der Waals surface area contributed by atoms with Crippen molar-refractivity contribution in [1.29, 1.82) is 0 Å². The molecule has 0 saturated carbocycles. The molecule has 2 aromatic heterocycles. The van der Waals surface area contributed by atoms with Gasteiger partial charge in [-0.05, 0) is 44.7 Å². The molecule has 2 aromatic rings. The minimum atomic E-state index is 0.0333. The summed E-state index contributed by atoms with van der Waals surface area (Å²) in [5.41, 5.74) is 13.8. The lowest BCUT2D eigenvalue weighted by molar-refractivity contribution is -0.128. The van der Waals surface area contributed by atoms with Crippen molar-refractivity contribution < 1.29 is 9.53 Å². The normalized spacial score (nSPS) is 19.2. The molecule has 2 aliphatic heterocycles. The van der Waals surface area contributed by atoms with E-state index >= 15 is 0 Å². The molecule has 2 aliphatic rings. The van der Waals surface area contributed by atoms with Crippen molar-refractivity contribution in [3.63, 3.8) is 0 Å². The highest BCUT2D eigenvalue weighted by atomic mass is 16.5. The third kappa shape index (κ3) is 5.26. The topological polar surface area (TPSA) is 132 Å². The zero-order valence-electron chi connectivity index (χ0n) is 18.3. The van der Waals surface area contributed by atoms with E-state index in [2.05, 4.69) is 37.0 Å². The molecule has 4 rings (SSSR count). The molecule has 0 aromatic carbocycles. The number of aryl methyl sites for hydroxylation is 1. The second kappa shape index (κ2) is 9.83. The predicted molar refractivity (Wildman–Crippen MR) is 123 cm³/mol. The molecular weight excluding hydrogens is 406 g/mol. The first-order valence-corrected chi connectivity index (χ1v) is 11.0. The van der Waals surface area contributed by atoms with Gasteiger partial charge in [-0.3, -0.25) is 4.79 Å². The van der Waals surface area contributed by atoms with Crippen LogP contribution in [0, 0.1) is 24.7 Å². The smallest absolute Gasteiger partial charge is 0.223 e. The summed E-state index contributed by atoms with van der Waals surface area (Å²) >= 11 is 0. The monoisotopic (exact) mass is 435 g/mol. The van der Waals surface area contributed by atoms with Gasteiger partial charge in [-0.25, -0.2) is 9.97 Å². The van der Waals surface area contributed by atoms with Crippen molar-refractivity contribution in [3.05, 3.63) is 35.2 Å². The number of carbonyl (C=O) groups is 1. The Bertz CT molecular complexity index is 1020. The first-order valence-electron chi connectivity index (χ1n) is 11.0. The molecule has 2 fully saturated rings. The van der Waals surface area contributed by atoms with Crippen LogP contribution in [0.15, 0.2) is 18.3 Å². The van der Waals surface area contributed by atoms with Gasteiger partial charge >= 0.3 is 0 Å². The number of rotatable bonds is 3. The van der Waals surface area contributed by atoms with E-state index in [9.17, 15) is 4.79 Å². The summed E-state index contributed by atoms with van der Waals surface area (Å²) < 4.78 is 5.37. The summed E-state index contributed by atoms with van der Waals surface area (Å²) in [7, 11) is 0. The summed E-state index contributed by atoms with van der Waals surface area (Å²) in [6, 6.07) is 3.59. The van der Waals surface area contributed by atoms with Crippen LogP contribution >= 0.6 is 0 Å². The zero-order valence-corrected chi connectivity index (χ0v) is 18.3. The van der Waals surface area contributed by atoms with Gasteiger partial charge < -0.3 is 26.4 Å². The fraction of sp³-hybridized carbons (Fsp3) is 0.478. The summed E-state index contributed by atoms with van der Waals surface area (Å²) in [6.45, 7) is 4.65. The van der Waals surface area contributed by atoms with Gasteiger partial charge in [0.2, 0.25) is 11.9 Å². The summed E-state index contributed by atoms with van der Waals surface area (Å²) in [6.07, 6.45) is 5.07.